The van der Waals surface area contributed by atoms with Gasteiger partial charge in [0, 0.05) is 23.0 Å². The van der Waals surface area contributed by atoms with E-state index in [4.69, 9.17) is 4.74 Å². The summed E-state index contributed by atoms with van der Waals surface area (Å²) in [5, 5.41) is 15.1. The minimum Gasteiger partial charge on any atom is -0.376 e. The zero-order valence-corrected chi connectivity index (χ0v) is 12.8. The van der Waals surface area contributed by atoms with Crippen LogP contribution in [-0.2, 0) is 4.74 Å². The summed E-state index contributed by atoms with van der Waals surface area (Å²) < 4.78 is 6.41. The maximum atomic E-state index is 11.2. The lowest BCUT2D eigenvalue weighted by Gasteiger charge is -2.14. The van der Waals surface area contributed by atoms with Crippen molar-refractivity contribution >= 4 is 38.2 Å². The molecule has 1 N–H and O–H groups in total. The number of benzene rings is 1. The van der Waals surface area contributed by atoms with Crippen molar-refractivity contribution in [1.82, 2.24) is 4.98 Å². The summed E-state index contributed by atoms with van der Waals surface area (Å²) in [5.74, 6) is 0. The van der Waals surface area contributed by atoms with Crippen molar-refractivity contribution in [3.05, 3.63) is 39.0 Å². The molecule has 1 atom stereocenters. The number of nitrogens with one attached hydrogen (secondary N) is 1. The zero-order chi connectivity index (χ0) is 14.8. The fourth-order valence-electron chi connectivity index (χ4n) is 2.50. The molecule has 1 aliphatic rings. The molecule has 0 aliphatic carbocycles. The standard InChI is InChI=1S/C14H14BrN3O3/c15-9-3-4-12-11(6-9)14(13(8-16-12)18(19)20)17-7-10-2-1-5-21-10/h3-4,6,8,10H,1-2,5,7H2,(H,16,17). The van der Waals surface area contributed by atoms with Crippen LogP contribution in [0.1, 0.15) is 12.8 Å². The molecule has 7 heteroatoms. The molecule has 0 spiro atoms. The van der Waals surface area contributed by atoms with Gasteiger partial charge in [0.1, 0.15) is 11.9 Å². The summed E-state index contributed by atoms with van der Waals surface area (Å²) in [6.07, 6.45) is 3.43. The molecular formula is C14H14BrN3O3. The van der Waals surface area contributed by atoms with Gasteiger partial charge in [-0.2, -0.15) is 0 Å². The van der Waals surface area contributed by atoms with Crippen LogP contribution < -0.4 is 5.32 Å². The van der Waals surface area contributed by atoms with Crippen molar-refractivity contribution in [2.75, 3.05) is 18.5 Å². The predicted octanol–water partition coefficient (Wildman–Crippen LogP) is 3.50. The smallest absolute Gasteiger partial charge is 0.311 e. The Kier molecular flexibility index (Phi) is 4.03. The summed E-state index contributed by atoms with van der Waals surface area (Å²) in [4.78, 5) is 15.0. The number of hydrogen-bond donors (Lipinski definition) is 1. The van der Waals surface area contributed by atoms with Crippen LogP contribution in [0.5, 0.6) is 0 Å². The van der Waals surface area contributed by atoms with Gasteiger partial charge in [-0.1, -0.05) is 15.9 Å². The Morgan fingerprint density at radius 2 is 2.38 bits per heavy atom. The molecule has 1 fully saturated rings. The quantitative estimate of drug-likeness (QED) is 0.673. The third kappa shape index (κ3) is 2.98. The van der Waals surface area contributed by atoms with E-state index in [1.165, 1.54) is 6.20 Å². The van der Waals surface area contributed by atoms with Crippen LogP contribution in [0.3, 0.4) is 0 Å². The number of rotatable bonds is 4. The first-order valence-corrected chi connectivity index (χ1v) is 7.52. The van der Waals surface area contributed by atoms with Gasteiger partial charge >= 0.3 is 5.69 Å². The van der Waals surface area contributed by atoms with Crippen molar-refractivity contribution in [2.45, 2.75) is 18.9 Å². The summed E-state index contributed by atoms with van der Waals surface area (Å²) in [6, 6.07) is 5.54. The van der Waals surface area contributed by atoms with Gasteiger partial charge in [0.2, 0.25) is 0 Å². The Bertz CT molecular complexity index is 686. The average molecular weight is 352 g/mol. The number of anilines is 1. The van der Waals surface area contributed by atoms with Crippen LogP contribution in [0.4, 0.5) is 11.4 Å². The average Bonchev–Trinajstić information content (AvgIpc) is 2.97. The highest BCUT2D eigenvalue weighted by Gasteiger charge is 2.21. The molecule has 1 unspecified atom stereocenters. The maximum Gasteiger partial charge on any atom is 0.311 e. The predicted molar refractivity (Wildman–Crippen MR) is 83.6 cm³/mol. The molecule has 0 radical (unpaired) electrons. The van der Waals surface area contributed by atoms with Crippen LogP contribution in [0, 0.1) is 10.1 Å². The van der Waals surface area contributed by atoms with Crippen LogP contribution in [0.2, 0.25) is 0 Å². The van der Waals surface area contributed by atoms with Gasteiger partial charge in [0.25, 0.3) is 0 Å². The molecule has 1 aliphatic heterocycles. The van der Waals surface area contributed by atoms with E-state index in [0.717, 1.165) is 34.8 Å². The zero-order valence-electron chi connectivity index (χ0n) is 11.2. The van der Waals surface area contributed by atoms with Gasteiger partial charge in [0.15, 0.2) is 0 Å². The normalized spacial score (nSPS) is 18.0. The van der Waals surface area contributed by atoms with Crippen molar-refractivity contribution in [3.8, 4) is 0 Å². The molecule has 21 heavy (non-hydrogen) atoms. The second-order valence-electron chi connectivity index (χ2n) is 4.95. The Hall–Kier alpha value is -1.73. The first-order valence-electron chi connectivity index (χ1n) is 6.73. The summed E-state index contributed by atoms with van der Waals surface area (Å²) in [5.41, 5.74) is 1.21. The molecule has 2 heterocycles. The number of pyridine rings is 1. The number of nitrogens with zero attached hydrogens (tertiary/aromatic N) is 2. The maximum absolute atomic E-state index is 11.2. The van der Waals surface area contributed by atoms with E-state index in [9.17, 15) is 10.1 Å². The second-order valence-corrected chi connectivity index (χ2v) is 5.87. The summed E-state index contributed by atoms with van der Waals surface area (Å²) in [6.45, 7) is 1.32. The second kappa shape index (κ2) is 5.95. The number of hydrogen-bond acceptors (Lipinski definition) is 5. The van der Waals surface area contributed by atoms with E-state index in [0.29, 0.717) is 12.2 Å². The van der Waals surface area contributed by atoms with Crippen molar-refractivity contribution < 1.29 is 9.66 Å². The molecule has 1 saturated heterocycles. The number of aromatic nitrogens is 1. The lowest BCUT2D eigenvalue weighted by molar-refractivity contribution is -0.384. The SMILES string of the molecule is O=[N+]([O-])c1cnc2ccc(Br)cc2c1NCC1CCCO1. The van der Waals surface area contributed by atoms with E-state index in [1.54, 1.807) is 0 Å². The molecule has 0 saturated carbocycles. The molecule has 110 valence electrons. The molecule has 2 aromatic rings. The van der Waals surface area contributed by atoms with Gasteiger partial charge in [0.05, 0.1) is 16.5 Å². The number of nitro groups is 1. The molecule has 1 aromatic heterocycles. The number of ether oxygens (including phenoxy) is 1. The van der Waals surface area contributed by atoms with Gasteiger partial charge in [-0.05, 0) is 31.0 Å². The van der Waals surface area contributed by atoms with Crippen molar-refractivity contribution in [3.63, 3.8) is 0 Å². The Balaban J connectivity index is 2.00. The monoisotopic (exact) mass is 351 g/mol. The van der Waals surface area contributed by atoms with Crippen molar-refractivity contribution in [1.29, 1.82) is 0 Å². The first-order chi connectivity index (χ1) is 10.1. The number of fused-ring (bicyclic) bond motifs is 1. The van der Waals surface area contributed by atoms with Gasteiger partial charge in [-0.15, -0.1) is 0 Å². The number of halogens is 1. The molecule has 6 nitrogen and oxygen atoms in total. The minimum absolute atomic E-state index is 0.0152. The van der Waals surface area contributed by atoms with Gasteiger partial charge < -0.3 is 10.1 Å². The molecule has 3 rings (SSSR count). The summed E-state index contributed by atoms with van der Waals surface area (Å²) >= 11 is 3.40. The topological polar surface area (TPSA) is 77.3 Å². The summed E-state index contributed by atoms with van der Waals surface area (Å²) in [7, 11) is 0. The van der Waals surface area contributed by atoms with Crippen LogP contribution in [0.25, 0.3) is 10.9 Å². The van der Waals surface area contributed by atoms with Gasteiger partial charge in [-0.3, -0.25) is 10.1 Å². The van der Waals surface area contributed by atoms with Crippen LogP contribution in [-0.4, -0.2) is 29.2 Å². The highest BCUT2D eigenvalue weighted by atomic mass is 79.9. The van der Waals surface area contributed by atoms with Crippen LogP contribution in [0.15, 0.2) is 28.9 Å². The first kappa shape index (κ1) is 14.2. The van der Waals surface area contributed by atoms with E-state index in [-0.39, 0.29) is 11.8 Å². The Morgan fingerprint density at radius 1 is 1.52 bits per heavy atom. The fourth-order valence-corrected chi connectivity index (χ4v) is 2.86. The molecule has 1 aromatic carbocycles. The fraction of sp³-hybridized carbons (Fsp3) is 0.357. The lowest BCUT2D eigenvalue weighted by Crippen LogP contribution is -2.19. The molecule has 0 amide bonds. The highest BCUT2D eigenvalue weighted by molar-refractivity contribution is 9.10. The minimum atomic E-state index is -0.412. The van der Waals surface area contributed by atoms with E-state index in [2.05, 4.69) is 26.2 Å². The van der Waals surface area contributed by atoms with Crippen LogP contribution >= 0.6 is 15.9 Å². The Labute approximate surface area is 129 Å². The largest absolute Gasteiger partial charge is 0.376 e. The van der Waals surface area contributed by atoms with E-state index < -0.39 is 4.92 Å². The highest BCUT2D eigenvalue weighted by Crippen LogP contribution is 2.33. The molecule has 0 bridgehead atoms. The third-order valence-electron chi connectivity index (χ3n) is 3.54. The Morgan fingerprint density at radius 3 is 3.10 bits per heavy atom. The lowest BCUT2D eigenvalue weighted by atomic mass is 10.1. The molecular weight excluding hydrogens is 338 g/mol. The van der Waals surface area contributed by atoms with E-state index in [1.807, 2.05) is 18.2 Å². The van der Waals surface area contributed by atoms with Gasteiger partial charge in [-0.25, -0.2) is 4.98 Å². The van der Waals surface area contributed by atoms with E-state index >= 15 is 0 Å². The van der Waals surface area contributed by atoms with Crippen molar-refractivity contribution in [2.24, 2.45) is 0 Å². The third-order valence-corrected chi connectivity index (χ3v) is 4.03.